The normalized spacial score (nSPS) is 24.4. The molecular formula is C13H24O4. The van der Waals surface area contributed by atoms with Crippen molar-refractivity contribution in [2.75, 3.05) is 13.2 Å². The van der Waals surface area contributed by atoms with Gasteiger partial charge in [-0.2, -0.15) is 0 Å². The van der Waals surface area contributed by atoms with Crippen LogP contribution < -0.4 is 0 Å². The largest absolute Gasteiger partial charge is 0.508 e. The van der Waals surface area contributed by atoms with Crippen LogP contribution in [0.25, 0.3) is 0 Å². The van der Waals surface area contributed by atoms with Crippen LogP contribution in [0.15, 0.2) is 0 Å². The summed E-state index contributed by atoms with van der Waals surface area (Å²) in [7, 11) is 0. The summed E-state index contributed by atoms with van der Waals surface area (Å²) in [5.74, 6) is 0.491. The molecular weight excluding hydrogens is 220 g/mol. The molecule has 0 bridgehead atoms. The van der Waals surface area contributed by atoms with Crippen molar-refractivity contribution in [3.05, 3.63) is 0 Å². The molecule has 17 heavy (non-hydrogen) atoms. The van der Waals surface area contributed by atoms with Crippen LogP contribution in [-0.4, -0.2) is 30.6 Å². The molecule has 100 valence electrons. The van der Waals surface area contributed by atoms with E-state index in [4.69, 9.17) is 14.6 Å². The van der Waals surface area contributed by atoms with Gasteiger partial charge in [0.25, 0.3) is 0 Å². The van der Waals surface area contributed by atoms with Gasteiger partial charge in [0.2, 0.25) is 0 Å². The molecule has 4 heteroatoms. The zero-order valence-corrected chi connectivity index (χ0v) is 10.7. The third-order valence-electron chi connectivity index (χ3n) is 3.33. The van der Waals surface area contributed by atoms with Crippen molar-refractivity contribution in [2.45, 2.75) is 58.0 Å². The smallest absolute Gasteiger partial charge is 0.432 e. The monoisotopic (exact) mass is 244 g/mol. The Morgan fingerprint density at radius 2 is 2.12 bits per heavy atom. The van der Waals surface area contributed by atoms with E-state index < -0.39 is 6.16 Å². The zero-order chi connectivity index (χ0) is 12.5. The Labute approximate surface area is 103 Å². The lowest BCUT2D eigenvalue weighted by Crippen LogP contribution is -2.30. The van der Waals surface area contributed by atoms with Crippen molar-refractivity contribution in [3.63, 3.8) is 0 Å². The third-order valence-corrected chi connectivity index (χ3v) is 3.33. The maximum atomic E-state index is 11.3. The summed E-state index contributed by atoms with van der Waals surface area (Å²) in [6, 6.07) is 0. The minimum atomic E-state index is -0.632. The molecule has 0 heterocycles. The summed E-state index contributed by atoms with van der Waals surface area (Å²) in [6.45, 7) is 2.04. The van der Waals surface area contributed by atoms with Gasteiger partial charge in [0.1, 0.15) is 12.7 Å². The summed E-state index contributed by atoms with van der Waals surface area (Å²) in [5.41, 5.74) is 0. The summed E-state index contributed by atoms with van der Waals surface area (Å²) >= 11 is 0. The predicted octanol–water partition coefficient (Wildman–Crippen LogP) is 2.88. The molecule has 1 saturated carbocycles. The van der Waals surface area contributed by atoms with Crippen LogP contribution in [0.4, 0.5) is 4.79 Å². The minimum absolute atomic E-state index is 0.0153. The maximum Gasteiger partial charge on any atom is 0.508 e. The highest BCUT2D eigenvalue weighted by molar-refractivity contribution is 5.60. The predicted molar refractivity (Wildman–Crippen MR) is 64.8 cm³/mol. The quantitative estimate of drug-likeness (QED) is 0.730. The highest BCUT2D eigenvalue weighted by atomic mass is 16.7. The lowest BCUT2D eigenvalue weighted by Gasteiger charge is -2.30. The van der Waals surface area contributed by atoms with Gasteiger partial charge >= 0.3 is 6.16 Å². The topological polar surface area (TPSA) is 55.8 Å². The second-order valence-corrected chi connectivity index (χ2v) is 4.67. The van der Waals surface area contributed by atoms with Gasteiger partial charge in [0, 0.05) is 0 Å². The van der Waals surface area contributed by atoms with E-state index in [0.29, 0.717) is 5.92 Å². The fourth-order valence-corrected chi connectivity index (χ4v) is 2.41. The highest BCUT2D eigenvalue weighted by Gasteiger charge is 2.28. The Hall–Kier alpha value is -0.770. The zero-order valence-electron chi connectivity index (χ0n) is 10.7. The number of unbranched alkanes of at least 4 members (excludes halogenated alkanes) is 1. The molecule has 4 nitrogen and oxygen atoms in total. The lowest BCUT2D eigenvalue weighted by molar-refractivity contribution is -0.0189. The average molecular weight is 244 g/mol. The second kappa shape index (κ2) is 8.34. The summed E-state index contributed by atoms with van der Waals surface area (Å²) in [5, 5.41) is 8.56. The van der Waals surface area contributed by atoms with E-state index in [2.05, 4.69) is 6.92 Å². The third kappa shape index (κ3) is 5.39. The number of aliphatic hydroxyl groups excluding tert-OH is 1. The van der Waals surface area contributed by atoms with E-state index >= 15 is 0 Å². The molecule has 0 aliphatic heterocycles. The van der Waals surface area contributed by atoms with Gasteiger partial charge < -0.3 is 14.6 Å². The molecule has 1 aliphatic carbocycles. The summed E-state index contributed by atoms with van der Waals surface area (Å²) < 4.78 is 10.1. The first-order chi connectivity index (χ1) is 8.27. The van der Waals surface area contributed by atoms with Crippen LogP contribution >= 0.6 is 0 Å². The molecule has 1 N–H and O–H groups in total. The van der Waals surface area contributed by atoms with Gasteiger partial charge in [-0.3, -0.25) is 0 Å². The van der Waals surface area contributed by atoms with E-state index in [0.717, 1.165) is 25.7 Å². The van der Waals surface area contributed by atoms with Crippen LogP contribution in [0, 0.1) is 5.92 Å². The second-order valence-electron chi connectivity index (χ2n) is 4.67. The van der Waals surface area contributed by atoms with E-state index in [9.17, 15) is 4.79 Å². The minimum Gasteiger partial charge on any atom is -0.432 e. The van der Waals surface area contributed by atoms with Crippen LogP contribution in [0.1, 0.15) is 51.9 Å². The Kier molecular flexibility index (Phi) is 7.01. The molecule has 0 amide bonds. The van der Waals surface area contributed by atoms with Gasteiger partial charge in [0.15, 0.2) is 0 Å². The van der Waals surface area contributed by atoms with Gasteiger partial charge in [0.05, 0.1) is 6.61 Å². The van der Waals surface area contributed by atoms with Crippen molar-refractivity contribution in [3.8, 4) is 0 Å². The lowest BCUT2D eigenvalue weighted by atomic mass is 9.83. The first-order valence-corrected chi connectivity index (χ1v) is 6.72. The molecule has 0 aromatic carbocycles. The van der Waals surface area contributed by atoms with E-state index in [1.54, 1.807) is 0 Å². The van der Waals surface area contributed by atoms with E-state index in [1.165, 1.54) is 19.3 Å². The number of rotatable bonds is 6. The number of ether oxygens (including phenoxy) is 2. The first kappa shape index (κ1) is 14.3. The Balaban J connectivity index is 2.33. The first-order valence-electron chi connectivity index (χ1n) is 6.72. The SMILES string of the molecule is CCCCC1CCCCC1OC(=O)OCCO. The van der Waals surface area contributed by atoms with Crippen molar-refractivity contribution in [1.82, 2.24) is 0 Å². The molecule has 0 aromatic heterocycles. The Bertz CT molecular complexity index is 217. The molecule has 1 rings (SSSR count). The van der Waals surface area contributed by atoms with Crippen LogP contribution in [0.5, 0.6) is 0 Å². The highest BCUT2D eigenvalue weighted by Crippen LogP contribution is 2.30. The molecule has 0 saturated heterocycles. The molecule has 0 aromatic rings. The van der Waals surface area contributed by atoms with Crippen LogP contribution in [0.3, 0.4) is 0 Å². The molecule has 2 atom stereocenters. The average Bonchev–Trinajstić information content (AvgIpc) is 2.35. The summed E-state index contributed by atoms with van der Waals surface area (Å²) in [4.78, 5) is 11.3. The van der Waals surface area contributed by atoms with Crippen molar-refractivity contribution in [1.29, 1.82) is 0 Å². The number of aliphatic hydroxyl groups is 1. The molecule has 1 aliphatic rings. The van der Waals surface area contributed by atoms with Gasteiger partial charge in [-0.15, -0.1) is 0 Å². The maximum absolute atomic E-state index is 11.3. The van der Waals surface area contributed by atoms with Gasteiger partial charge in [-0.05, 0) is 31.6 Å². The summed E-state index contributed by atoms with van der Waals surface area (Å²) in [6.07, 6.45) is 7.35. The van der Waals surface area contributed by atoms with Crippen LogP contribution in [0.2, 0.25) is 0 Å². The number of hydrogen-bond donors (Lipinski definition) is 1. The van der Waals surface area contributed by atoms with E-state index in [1.807, 2.05) is 0 Å². The number of carbonyl (C=O) groups excluding carboxylic acids is 1. The van der Waals surface area contributed by atoms with Gasteiger partial charge in [-0.25, -0.2) is 4.79 Å². The van der Waals surface area contributed by atoms with Gasteiger partial charge in [-0.1, -0.05) is 26.2 Å². The molecule has 0 spiro atoms. The van der Waals surface area contributed by atoms with E-state index in [-0.39, 0.29) is 19.3 Å². The molecule has 1 fully saturated rings. The molecule has 0 radical (unpaired) electrons. The fraction of sp³-hybridized carbons (Fsp3) is 0.923. The number of carbonyl (C=O) groups is 1. The van der Waals surface area contributed by atoms with Crippen molar-refractivity contribution < 1.29 is 19.4 Å². The van der Waals surface area contributed by atoms with Crippen molar-refractivity contribution >= 4 is 6.16 Å². The number of hydrogen-bond acceptors (Lipinski definition) is 4. The fourth-order valence-electron chi connectivity index (χ4n) is 2.41. The van der Waals surface area contributed by atoms with Crippen LogP contribution in [-0.2, 0) is 9.47 Å². The Morgan fingerprint density at radius 3 is 2.82 bits per heavy atom. The Morgan fingerprint density at radius 1 is 1.35 bits per heavy atom. The van der Waals surface area contributed by atoms with Crippen molar-refractivity contribution in [2.24, 2.45) is 5.92 Å². The standard InChI is InChI=1S/C13H24O4/c1-2-3-6-11-7-4-5-8-12(11)17-13(15)16-10-9-14/h11-12,14H,2-10H2,1H3. The molecule has 2 unspecified atom stereocenters.